The molecule has 0 aliphatic heterocycles. The van der Waals surface area contributed by atoms with Gasteiger partial charge in [0.25, 0.3) is 0 Å². The van der Waals surface area contributed by atoms with Crippen LogP contribution in [0.15, 0.2) is 0 Å². The highest BCUT2D eigenvalue weighted by atomic mass is 32.2. The molecule has 1 aliphatic carbocycles. The van der Waals surface area contributed by atoms with E-state index < -0.39 is 10.0 Å². The summed E-state index contributed by atoms with van der Waals surface area (Å²) < 4.78 is 26.4. The molecule has 114 valence electrons. The fourth-order valence-electron chi connectivity index (χ4n) is 2.04. The van der Waals surface area contributed by atoms with Gasteiger partial charge in [0.2, 0.25) is 10.0 Å². The molecule has 19 heavy (non-hydrogen) atoms. The molecule has 0 atom stereocenters. The Bertz CT molecular complexity index is 356. The van der Waals surface area contributed by atoms with Crippen molar-refractivity contribution < 1.29 is 8.42 Å². The molecular formula is C14H29NO2S2. The zero-order valence-electron chi connectivity index (χ0n) is 12.8. The first kappa shape index (κ1) is 17.3. The summed E-state index contributed by atoms with van der Waals surface area (Å²) in [4.78, 5) is 0. The van der Waals surface area contributed by atoms with Crippen LogP contribution < -0.4 is 0 Å². The molecule has 1 aliphatic rings. The van der Waals surface area contributed by atoms with E-state index in [1.165, 1.54) is 12.8 Å². The molecule has 0 bridgehead atoms. The van der Waals surface area contributed by atoms with Gasteiger partial charge in [-0.1, -0.05) is 20.8 Å². The highest BCUT2D eigenvalue weighted by Gasteiger charge is 2.30. The van der Waals surface area contributed by atoms with Crippen molar-refractivity contribution in [2.75, 3.05) is 30.9 Å². The van der Waals surface area contributed by atoms with Crippen LogP contribution in [0.3, 0.4) is 0 Å². The molecule has 0 radical (unpaired) electrons. The van der Waals surface area contributed by atoms with E-state index in [2.05, 4.69) is 20.8 Å². The summed E-state index contributed by atoms with van der Waals surface area (Å²) >= 11 is 1.60. The first-order valence-electron chi connectivity index (χ1n) is 7.21. The molecule has 0 spiro atoms. The molecule has 0 aromatic carbocycles. The zero-order chi connectivity index (χ0) is 14.5. The van der Waals surface area contributed by atoms with Crippen molar-refractivity contribution in [1.82, 2.24) is 4.31 Å². The third-order valence-electron chi connectivity index (χ3n) is 3.43. The van der Waals surface area contributed by atoms with Crippen LogP contribution in [0, 0.1) is 11.3 Å². The van der Waals surface area contributed by atoms with Gasteiger partial charge in [0.05, 0.1) is 5.75 Å². The molecule has 3 nitrogen and oxygen atoms in total. The van der Waals surface area contributed by atoms with Gasteiger partial charge in [-0.25, -0.2) is 12.7 Å². The van der Waals surface area contributed by atoms with E-state index in [0.717, 1.165) is 19.4 Å². The highest BCUT2D eigenvalue weighted by Crippen LogP contribution is 2.31. The van der Waals surface area contributed by atoms with E-state index in [-0.39, 0.29) is 11.2 Å². The molecule has 0 amide bonds. The topological polar surface area (TPSA) is 37.4 Å². The second-order valence-corrected chi connectivity index (χ2v) is 9.85. The van der Waals surface area contributed by atoms with Crippen molar-refractivity contribution in [2.24, 2.45) is 11.3 Å². The number of rotatable bonds is 9. The van der Waals surface area contributed by atoms with E-state index in [4.69, 9.17) is 0 Å². The Kier molecular flexibility index (Phi) is 6.67. The highest BCUT2D eigenvalue weighted by molar-refractivity contribution is 7.99. The quantitative estimate of drug-likeness (QED) is 0.656. The van der Waals surface area contributed by atoms with E-state index in [9.17, 15) is 8.42 Å². The average molecular weight is 308 g/mol. The smallest absolute Gasteiger partial charge is 0.212 e. The molecule has 0 N–H and O–H groups in total. The molecule has 0 unspecified atom stereocenters. The predicted molar refractivity (Wildman–Crippen MR) is 85.2 cm³/mol. The summed E-state index contributed by atoms with van der Waals surface area (Å²) in [7, 11) is -3.04. The van der Waals surface area contributed by atoms with Crippen LogP contribution in [0.4, 0.5) is 0 Å². The van der Waals surface area contributed by atoms with Gasteiger partial charge in [-0.05, 0) is 43.3 Å². The lowest BCUT2D eigenvalue weighted by Gasteiger charge is -2.24. The van der Waals surface area contributed by atoms with Crippen LogP contribution in [0.1, 0.15) is 46.5 Å². The second kappa shape index (κ2) is 7.32. The van der Waals surface area contributed by atoms with Crippen molar-refractivity contribution in [2.45, 2.75) is 46.5 Å². The lowest BCUT2D eigenvalue weighted by molar-refractivity contribution is 0.323. The van der Waals surface area contributed by atoms with Crippen LogP contribution in [0.5, 0.6) is 0 Å². The monoisotopic (exact) mass is 307 g/mol. The third kappa shape index (κ3) is 7.57. The van der Waals surface area contributed by atoms with E-state index in [0.29, 0.717) is 18.2 Å². The number of nitrogens with zero attached hydrogens (tertiary/aromatic N) is 1. The SMILES string of the molecule is CSCCS(=O)(=O)N(CCCC(C)(C)C)CC1CC1. The van der Waals surface area contributed by atoms with E-state index in [1.54, 1.807) is 16.1 Å². The summed E-state index contributed by atoms with van der Waals surface area (Å²) in [6.07, 6.45) is 6.41. The first-order valence-corrected chi connectivity index (χ1v) is 10.2. The molecule has 0 aromatic rings. The van der Waals surface area contributed by atoms with Crippen molar-refractivity contribution in [3.8, 4) is 0 Å². The Morgan fingerprint density at radius 3 is 2.37 bits per heavy atom. The van der Waals surface area contributed by atoms with Gasteiger partial charge in [0.15, 0.2) is 0 Å². The molecule has 0 aromatic heterocycles. The maximum absolute atomic E-state index is 12.3. The molecule has 0 heterocycles. The number of hydrogen-bond acceptors (Lipinski definition) is 3. The summed E-state index contributed by atoms with van der Waals surface area (Å²) in [6, 6.07) is 0. The largest absolute Gasteiger partial charge is 0.214 e. The van der Waals surface area contributed by atoms with Crippen LogP contribution >= 0.6 is 11.8 Å². The third-order valence-corrected chi connectivity index (χ3v) is 6.14. The van der Waals surface area contributed by atoms with Gasteiger partial charge in [-0.15, -0.1) is 0 Å². The van der Waals surface area contributed by atoms with Crippen molar-refractivity contribution in [3.63, 3.8) is 0 Å². The molecular weight excluding hydrogens is 278 g/mol. The molecule has 0 saturated heterocycles. The fourth-order valence-corrected chi connectivity index (χ4v) is 4.65. The minimum absolute atomic E-state index is 0.286. The summed E-state index contributed by atoms with van der Waals surface area (Å²) in [5.41, 5.74) is 0.286. The van der Waals surface area contributed by atoms with Gasteiger partial charge in [0, 0.05) is 18.8 Å². The lowest BCUT2D eigenvalue weighted by Crippen LogP contribution is -2.36. The van der Waals surface area contributed by atoms with Gasteiger partial charge in [-0.2, -0.15) is 11.8 Å². The average Bonchev–Trinajstić information content (AvgIpc) is 3.07. The zero-order valence-corrected chi connectivity index (χ0v) is 14.4. The van der Waals surface area contributed by atoms with Crippen LogP contribution in [0.2, 0.25) is 0 Å². The Labute approximate surface area is 123 Å². The summed E-state index contributed by atoms with van der Waals surface area (Å²) in [5.74, 6) is 1.61. The first-order chi connectivity index (χ1) is 8.74. The Hall–Kier alpha value is 0.260. The number of sulfonamides is 1. The summed E-state index contributed by atoms with van der Waals surface area (Å²) in [6.45, 7) is 8.08. The molecule has 1 fully saturated rings. The fraction of sp³-hybridized carbons (Fsp3) is 1.00. The number of hydrogen-bond donors (Lipinski definition) is 0. The standard InChI is InChI=1S/C14H29NO2S2/c1-14(2,3)8-5-9-15(12-13-6-7-13)19(16,17)11-10-18-4/h13H,5-12H2,1-4H3. The summed E-state index contributed by atoms with van der Waals surface area (Å²) in [5, 5.41) is 0. The predicted octanol–water partition coefficient (Wildman–Crippen LogP) is 3.22. The van der Waals surface area contributed by atoms with Gasteiger partial charge >= 0.3 is 0 Å². The normalized spacial score (nSPS) is 17.1. The van der Waals surface area contributed by atoms with Crippen LogP contribution in [-0.4, -0.2) is 43.6 Å². The maximum atomic E-state index is 12.3. The van der Waals surface area contributed by atoms with Gasteiger partial charge in [-0.3, -0.25) is 0 Å². The lowest BCUT2D eigenvalue weighted by atomic mass is 9.91. The second-order valence-electron chi connectivity index (χ2n) is 6.77. The minimum atomic E-state index is -3.04. The van der Waals surface area contributed by atoms with Gasteiger partial charge < -0.3 is 0 Å². The van der Waals surface area contributed by atoms with Crippen LogP contribution in [-0.2, 0) is 10.0 Å². The van der Waals surface area contributed by atoms with E-state index in [1.807, 2.05) is 6.26 Å². The maximum Gasteiger partial charge on any atom is 0.214 e. The minimum Gasteiger partial charge on any atom is -0.212 e. The Morgan fingerprint density at radius 2 is 1.89 bits per heavy atom. The van der Waals surface area contributed by atoms with Crippen LogP contribution in [0.25, 0.3) is 0 Å². The number of thioether (sulfide) groups is 1. The van der Waals surface area contributed by atoms with Gasteiger partial charge in [0.1, 0.15) is 0 Å². The Morgan fingerprint density at radius 1 is 1.26 bits per heavy atom. The molecule has 5 heteroatoms. The molecule has 1 rings (SSSR count). The van der Waals surface area contributed by atoms with Crippen molar-refractivity contribution >= 4 is 21.8 Å². The Balaban J connectivity index is 2.50. The van der Waals surface area contributed by atoms with E-state index >= 15 is 0 Å². The van der Waals surface area contributed by atoms with Crippen molar-refractivity contribution in [3.05, 3.63) is 0 Å². The van der Waals surface area contributed by atoms with Crippen molar-refractivity contribution in [1.29, 1.82) is 0 Å². The molecule has 1 saturated carbocycles.